The van der Waals surface area contributed by atoms with Gasteiger partial charge in [-0.2, -0.15) is 0 Å². The normalized spacial score (nSPS) is 34.5. The molecule has 8 heteroatoms. The summed E-state index contributed by atoms with van der Waals surface area (Å²) in [6.07, 6.45) is 8.24. The topological polar surface area (TPSA) is 122 Å². The molecule has 2 aliphatic carbocycles. The number of cyclic esters (lactones) is 1. The van der Waals surface area contributed by atoms with Crippen LogP contribution >= 0.6 is 0 Å². The van der Waals surface area contributed by atoms with Gasteiger partial charge in [0.2, 0.25) is 0 Å². The van der Waals surface area contributed by atoms with E-state index in [0.717, 1.165) is 12.0 Å². The Kier molecular flexibility index (Phi) is 6.02. The molecule has 32 heavy (non-hydrogen) atoms. The summed E-state index contributed by atoms with van der Waals surface area (Å²) in [5.74, 6) is -0.161. The molecule has 0 saturated heterocycles. The van der Waals surface area contributed by atoms with Crippen LogP contribution in [0.3, 0.4) is 0 Å². The van der Waals surface area contributed by atoms with Gasteiger partial charge in [0.1, 0.15) is 6.61 Å². The Morgan fingerprint density at radius 3 is 2.69 bits per heavy atom. The predicted molar refractivity (Wildman–Crippen MR) is 118 cm³/mol. The third-order valence-corrected chi connectivity index (χ3v) is 8.27. The second kappa shape index (κ2) is 8.48. The van der Waals surface area contributed by atoms with Crippen molar-refractivity contribution in [3.8, 4) is 0 Å². The van der Waals surface area contributed by atoms with Crippen molar-refractivity contribution in [1.82, 2.24) is 9.55 Å². The zero-order chi connectivity index (χ0) is 23.1. The van der Waals surface area contributed by atoms with Crippen molar-refractivity contribution in [3.63, 3.8) is 0 Å². The maximum absolute atomic E-state index is 12.3. The largest absolute Gasteiger partial charge is 0.458 e. The molecule has 3 N–H and O–H groups in total. The van der Waals surface area contributed by atoms with Crippen LogP contribution in [-0.4, -0.2) is 45.1 Å². The van der Waals surface area contributed by atoms with Crippen molar-refractivity contribution in [2.45, 2.75) is 58.6 Å². The molecular formula is C24H32N2O6. The number of nitrogens with zero attached hydrogens (tertiary/aromatic N) is 1. The van der Waals surface area contributed by atoms with E-state index >= 15 is 0 Å². The molecule has 0 amide bonds. The van der Waals surface area contributed by atoms with Crippen molar-refractivity contribution in [3.05, 3.63) is 56.4 Å². The standard InChI is InChI=1S/C24H32N2O6/c1-23-10-7-19(28)24(2,14-27)18(23)6-4-16(13-26-11-8-20(29)25-22(26)31)17(23)5-3-15-9-12-32-21(15)30/h4,8-9,11,17-19,27-28H,3,5-7,10,12-14H2,1-2H3,(H,25,29,31)/t17-,18+,19-,23+,24+/m1/s1. The lowest BCUT2D eigenvalue weighted by Crippen LogP contribution is -2.57. The van der Waals surface area contributed by atoms with Crippen LogP contribution in [0.5, 0.6) is 0 Å². The first-order chi connectivity index (χ1) is 15.2. The molecule has 8 nitrogen and oxygen atoms in total. The fourth-order valence-electron chi connectivity index (χ4n) is 6.30. The first-order valence-corrected chi connectivity index (χ1v) is 11.3. The van der Waals surface area contributed by atoms with Crippen LogP contribution < -0.4 is 11.2 Å². The van der Waals surface area contributed by atoms with Gasteiger partial charge in [-0.15, -0.1) is 0 Å². The summed E-state index contributed by atoms with van der Waals surface area (Å²) in [7, 11) is 0. The lowest BCUT2D eigenvalue weighted by Gasteiger charge is -2.59. The number of hydrogen-bond acceptors (Lipinski definition) is 6. The third-order valence-electron chi connectivity index (χ3n) is 8.27. The highest BCUT2D eigenvalue weighted by atomic mass is 16.5. The van der Waals surface area contributed by atoms with E-state index in [2.05, 4.69) is 18.0 Å². The number of nitrogens with one attached hydrogen (secondary N) is 1. The minimum absolute atomic E-state index is 0.0488. The van der Waals surface area contributed by atoms with E-state index in [1.807, 2.05) is 13.0 Å². The zero-order valence-electron chi connectivity index (χ0n) is 18.7. The molecule has 1 saturated carbocycles. The first-order valence-electron chi connectivity index (χ1n) is 11.3. The predicted octanol–water partition coefficient (Wildman–Crippen LogP) is 1.52. The lowest BCUT2D eigenvalue weighted by molar-refractivity contribution is -0.145. The van der Waals surface area contributed by atoms with Crippen LogP contribution in [0.1, 0.15) is 46.0 Å². The maximum atomic E-state index is 12.3. The summed E-state index contributed by atoms with van der Waals surface area (Å²) in [6, 6.07) is 1.34. The summed E-state index contributed by atoms with van der Waals surface area (Å²) in [5.41, 5.74) is 0.0482. The summed E-state index contributed by atoms with van der Waals surface area (Å²) < 4.78 is 6.56. The summed E-state index contributed by atoms with van der Waals surface area (Å²) in [6.45, 7) is 4.74. The minimum Gasteiger partial charge on any atom is -0.458 e. The summed E-state index contributed by atoms with van der Waals surface area (Å²) in [5, 5.41) is 21.0. The average molecular weight is 445 g/mol. The van der Waals surface area contributed by atoms with E-state index in [0.29, 0.717) is 44.4 Å². The highest BCUT2D eigenvalue weighted by molar-refractivity contribution is 5.90. The SMILES string of the molecule is C[C@]1(CO)[C@H]2CC=C(Cn3ccc(=O)[nH]c3=O)[C@@H](CCC3=CCOC3=O)[C@]2(C)CC[C@H]1O. The Bertz CT molecular complexity index is 1070. The number of ether oxygens (including phenoxy) is 1. The second-order valence-electron chi connectivity index (χ2n) is 9.95. The number of aromatic amines is 1. The van der Waals surface area contributed by atoms with Crippen LogP contribution in [-0.2, 0) is 16.1 Å². The number of allylic oxidation sites excluding steroid dienone is 2. The number of fused-ring (bicyclic) bond motifs is 1. The van der Waals surface area contributed by atoms with Gasteiger partial charge in [-0.3, -0.25) is 14.3 Å². The van der Waals surface area contributed by atoms with Crippen LogP contribution in [0.2, 0.25) is 0 Å². The number of hydrogen-bond donors (Lipinski definition) is 3. The Morgan fingerprint density at radius 1 is 1.25 bits per heavy atom. The van der Waals surface area contributed by atoms with E-state index in [1.54, 1.807) is 0 Å². The molecule has 3 aliphatic rings. The number of carbonyl (C=O) groups is 1. The smallest absolute Gasteiger partial charge is 0.334 e. The molecule has 1 fully saturated rings. The molecule has 1 aliphatic heterocycles. The van der Waals surface area contributed by atoms with Crippen molar-refractivity contribution in [2.75, 3.05) is 13.2 Å². The molecule has 0 unspecified atom stereocenters. The van der Waals surface area contributed by atoms with Crippen molar-refractivity contribution < 1.29 is 19.7 Å². The highest BCUT2D eigenvalue weighted by Gasteiger charge is 2.57. The van der Waals surface area contributed by atoms with E-state index < -0.39 is 22.8 Å². The minimum atomic E-state index is -0.617. The maximum Gasteiger partial charge on any atom is 0.334 e. The fraction of sp³-hybridized carbons (Fsp3) is 0.625. The van der Waals surface area contributed by atoms with E-state index in [9.17, 15) is 24.6 Å². The molecule has 0 spiro atoms. The number of H-pyrrole nitrogens is 1. The number of aliphatic hydroxyl groups excluding tert-OH is 2. The molecule has 0 bridgehead atoms. The first kappa shape index (κ1) is 22.7. The van der Waals surface area contributed by atoms with E-state index in [4.69, 9.17) is 4.74 Å². The molecule has 0 radical (unpaired) electrons. The van der Waals surface area contributed by atoms with Crippen molar-refractivity contribution >= 4 is 5.97 Å². The van der Waals surface area contributed by atoms with Gasteiger partial charge >= 0.3 is 11.7 Å². The Morgan fingerprint density at radius 2 is 2.03 bits per heavy atom. The fourth-order valence-corrected chi connectivity index (χ4v) is 6.30. The van der Waals surface area contributed by atoms with E-state index in [1.165, 1.54) is 16.8 Å². The van der Waals surface area contributed by atoms with Gasteiger partial charge in [0, 0.05) is 29.8 Å². The monoisotopic (exact) mass is 444 g/mol. The molecule has 0 aromatic carbocycles. The number of aliphatic hydroxyl groups is 2. The number of aromatic nitrogens is 2. The lowest BCUT2D eigenvalue weighted by atomic mass is 9.47. The highest BCUT2D eigenvalue weighted by Crippen LogP contribution is 2.60. The molecule has 1 aromatic rings. The van der Waals surface area contributed by atoms with Gasteiger partial charge in [-0.05, 0) is 55.4 Å². The average Bonchev–Trinajstić information content (AvgIpc) is 3.17. The second-order valence-corrected chi connectivity index (χ2v) is 9.95. The third kappa shape index (κ3) is 3.79. The van der Waals surface area contributed by atoms with Crippen molar-refractivity contribution in [2.24, 2.45) is 22.7 Å². The van der Waals surface area contributed by atoms with Crippen LogP contribution in [0, 0.1) is 22.7 Å². The van der Waals surface area contributed by atoms with Gasteiger partial charge in [0.05, 0.1) is 12.7 Å². The van der Waals surface area contributed by atoms with Crippen LogP contribution in [0.4, 0.5) is 0 Å². The van der Waals surface area contributed by atoms with Gasteiger partial charge in [-0.1, -0.05) is 25.5 Å². The van der Waals surface area contributed by atoms with Crippen LogP contribution in [0.25, 0.3) is 0 Å². The summed E-state index contributed by atoms with van der Waals surface area (Å²) >= 11 is 0. The summed E-state index contributed by atoms with van der Waals surface area (Å²) in [4.78, 5) is 38.1. The molecule has 5 atom stereocenters. The Hall–Kier alpha value is -2.45. The molecule has 174 valence electrons. The number of carbonyl (C=O) groups excluding carboxylic acids is 1. The molecule has 2 heterocycles. The zero-order valence-corrected chi connectivity index (χ0v) is 18.7. The quantitative estimate of drug-likeness (QED) is 0.452. The van der Waals surface area contributed by atoms with Gasteiger partial charge in [0.15, 0.2) is 0 Å². The van der Waals surface area contributed by atoms with Gasteiger partial charge < -0.3 is 14.9 Å². The van der Waals surface area contributed by atoms with Crippen LogP contribution in [0.15, 0.2) is 45.2 Å². The Labute approximate surface area is 186 Å². The van der Waals surface area contributed by atoms with Gasteiger partial charge in [0.25, 0.3) is 5.56 Å². The number of rotatable bonds is 6. The van der Waals surface area contributed by atoms with E-state index in [-0.39, 0.29) is 29.8 Å². The number of esters is 1. The van der Waals surface area contributed by atoms with Gasteiger partial charge in [-0.25, -0.2) is 9.59 Å². The van der Waals surface area contributed by atoms with Crippen molar-refractivity contribution in [1.29, 1.82) is 0 Å². The molecule has 4 rings (SSSR count). The molecule has 1 aromatic heterocycles. The molecular weight excluding hydrogens is 412 g/mol. The Balaban J connectivity index is 1.70.